The second kappa shape index (κ2) is 3.57. The van der Waals surface area contributed by atoms with Gasteiger partial charge < -0.3 is 0 Å². The van der Waals surface area contributed by atoms with Crippen molar-refractivity contribution in [3.8, 4) is 0 Å². The lowest BCUT2D eigenvalue weighted by Crippen LogP contribution is -1.93. The molecule has 0 aliphatic heterocycles. The summed E-state index contributed by atoms with van der Waals surface area (Å²) in [4.78, 5) is 4.65. The molecule has 1 heteroatoms. The number of aryl methyl sites for hydroxylation is 1. The van der Waals surface area contributed by atoms with Crippen LogP contribution in [-0.2, 0) is 12.8 Å². The number of nitrogens with zero attached hydrogens (tertiary/aromatic N) is 1. The van der Waals surface area contributed by atoms with E-state index in [2.05, 4.69) is 37.2 Å². The Labute approximate surface area is 108 Å². The van der Waals surface area contributed by atoms with Gasteiger partial charge in [-0.25, -0.2) is 0 Å². The number of aromatic nitrogens is 1. The monoisotopic (exact) mass is 237 g/mol. The van der Waals surface area contributed by atoms with Gasteiger partial charge in [-0.15, -0.1) is 0 Å². The van der Waals surface area contributed by atoms with Crippen LogP contribution in [0.3, 0.4) is 0 Å². The van der Waals surface area contributed by atoms with Gasteiger partial charge in [-0.05, 0) is 72.7 Å². The van der Waals surface area contributed by atoms with Crippen molar-refractivity contribution in [1.82, 2.24) is 4.98 Å². The third kappa shape index (κ3) is 1.50. The van der Waals surface area contributed by atoms with E-state index in [0.717, 1.165) is 11.8 Å². The van der Waals surface area contributed by atoms with Crippen molar-refractivity contribution in [3.63, 3.8) is 0 Å². The molecule has 1 fully saturated rings. The summed E-state index contributed by atoms with van der Waals surface area (Å²) in [6.07, 6.45) is 7.27. The Morgan fingerprint density at radius 3 is 2.78 bits per heavy atom. The van der Waals surface area contributed by atoms with E-state index in [-0.39, 0.29) is 0 Å². The van der Waals surface area contributed by atoms with E-state index in [0.29, 0.717) is 0 Å². The van der Waals surface area contributed by atoms with Crippen LogP contribution in [0.25, 0.3) is 10.8 Å². The summed E-state index contributed by atoms with van der Waals surface area (Å²) in [5, 5.41) is 2.78. The highest BCUT2D eigenvalue weighted by Gasteiger charge is 2.26. The van der Waals surface area contributed by atoms with E-state index >= 15 is 0 Å². The van der Waals surface area contributed by atoms with Gasteiger partial charge in [0.15, 0.2) is 0 Å². The zero-order chi connectivity index (χ0) is 12.3. The molecule has 0 spiro atoms. The SMILES string of the molecule is Cc1c2c(cc3cnc(C4CC4)cc13)CC(C)C2. The first-order chi connectivity index (χ1) is 8.72. The molecular weight excluding hydrogens is 218 g/mol. The van der Waals surface area contributed by atoms with Gasteiger partial charge in [-0.3, -0.25) is 4.98 Å². The Balaban J connectivity index is 1.95. The maximum atomic E-state index is 4.65. The smallest absolute Gasteiger partial charge is 0.0441 e. The molecule has 92 valence electrons. The van der Waals surface area contributed by atoms with Gasteiger partial charge in [0.2, 0.25) is 0 Å². The van der Waals surface area contributed by atoms with Gasteiger partial charge in [-0.1, -0.05) is 6.92 Å². The van der Waals surface area contributed by atoms with E-state index < -0.39 is 0 Å². The van der Waals surface area contributed by atoms with Crippen molar-refractivity contribution in [2.75, 3.05) is 0 Å². The van der Waals surface area contributed by atoms with Crippen molar-refractivity contribution < 1.29 is 0 Å². The molecule has 0 bridgehead atoms. The summed E-state index contributed by atoms with van der Waals surface area (Å²) in [6.45, 7) is 4.66. The third-order valence-electron chi connectivity index (χ3n) is 4.65. The molecule has 1 aromatic carbocycles. The predicted octanol–water partition coefficient (Wildman–Crippen LogP) is 4.16. The average molecular weight is 237 g/mol. The average Bonchev–Trinajstić information content (AvgIpc) is 3.13. The predicted molar refractivity (Wildman–Crippen MR) is 75.0 cm³/mol. The zero-order valence-electron chi connectivity index (χ0n) is 11.2. The minimum absolute atomic E-state index is 0.751. The maximum absolute atomic E-state index is 4.65. The summed E-state index contributed by atoms with van der Waals surface area (Å²) in [5.74, 6) is 1.56. The lowest BCUT2D eigenvalue weighted by molar-refractivity contribution is 0.627. The van der Waals surface area contributed by atoms with Crippen LogP contribution in [-0.4, -0.2) is 4.98 Å². The van der Waals surface area contributed by atoms with Crippen LogP contribution in [0.2, 0.25) is 0 Å². The Hall–Kier alpha value is -1.37. The van der Waals surface area contributed by atoms with Crippen LogP contribution in [0.1, 0.15) is 48.1 Å². The van der Waals surface area contributed by atoms with Gasteiger partial charge in [0.1, 0.15) is 0 Å². The van der Waals surface area contributed by atoms with Crippen molar-refractivity contribution in [2.24, 2.45) is 5.92 Å². The minimum Gasteiger partial charge on any atom is -0.260 e. The topological polar surface area (TPSA) is 12.9 Å². The normalized spacial score (nSPS) is 22.4. The molecule has 0 N–H and O–H groups in total. The Bertz CT molecular complexity index is 638. The molecule has 1 saturated carbocycles. The summed E-state index contributed by atoms with van der Waals surface area (Å²) >= 11 is 0. The van der Waals surface area contributed by atoms with E-state index in [9.17, 15) is 0 Å². The van der Waals surface area contributed by atoms with Crippen molar-refractivity contribution in [2.45, 2.75) is 45.4 Å². The van der Waals surface area contributed by atoms with Crippen LogP contribution in [0.4, 0.5) is 0 Å². The zero-order valence-corrected chi connectivity index (χ0v) is 11.2. The molecule has 2 aliphatic carbocycles. The number of hydrogen-bond donors (Lipinski definition) is 0. The van der Waals surface area contributed by atoms with E-state index in [1.807, 2.05) is 0 Å². The van der Waals surface area contributed by atoms with Gasteiger partial charge >= 0.3 is 0 Å². The summed E-state index contributed by atoms with van der Waals surface area (Å²) in [6, 6.07) is 4.73. The van der Waals surface area contributed by atoms with Gasteiger partial charge in [0, 0.05) is 23.2 Å². The molecule has 0 amide bonds. The minimum atomic E-state index is 0.751. The lowest BCUT2D eigenvalue weighted by Gasteiger charge is -2.10. The van der Waals surface area contributed by atoms with Crippen molar-refractivity contribution >= 4 is 10.8 Å². The Kier molecular flexibility index (Phi) is 2.09. The first-order valence-corrected chi connectivity index (χ1v) is 7.13. The number of benzene rings is 1. The molecule has 1 nitrogen and oxygen atoms in total. The van der Waals surface area contributed by atoms with Crippen LogP contribution in [0.15, 0.2) is 18.3 Å². The van der Waals surface area contributed by atoms with Crippen LogP contribution < -0.4 is 0 Å². The fraction of sp³-hybridized carbons (Fsp3) is 0.471. The van der Waals surface area contributed by atoms with Crippen LogP contribution in [0.5, 0.6) is 0 Å². The molecule has 2 aromatic rings. The fourth-order valence-corrected chi connectivity index (χ4v) is 3.46. The summed E-state index contributed by atoms with van der Waals surface area (Å²) in [7, 11) is 0. The van der Waals surface area contributed by atoms with Crippen molar-refractivity contribution in [3.05, 3.63) is 40.7 Å². The number of rotatable bonds is 1. The number of hydrogen-bond acceptors (Lipinski definition) is 1. The van der Waals surface area contributed by atoms with E-state index in [1.54, 1.807) is 11.1 Å². The van der Waals surface area contributed by atoms with Gasteiger partial charge in [-0.2, -0.15) is 0 Å². The lowest BCUT2D eigenvalue weighted by atomic mass is 9.97. The largest absolute Gasteiger partial charge is 0.260 e. The number of pyridine rings is 1. The summed E-state index contributed by atoms with van der Waals surface area (Å²) in [5.41, 5.74) is 6.00. The van der Waals surface area contributed by atoms with Gasteiger partial charge in [0.05, 0.1) is 0 Å². The highest BCUT2D eigenvalue weighted by atomic mass is 14.7. The van der Waals surface area contributed by atoms with Gasteiger partial charge in [0.25, 0.3) is 0 Å². The standard InChI is InChI=1S/C17H19N/c1-10-5-13-7-14-9-18-17(12-3-4-12)8-16(14)11(2)15(13)6-10/h7-10,12H,3-6H2,1-2H3. The Morgan fingerprint density at radius 1 is 1.17 bits per heavy atom. The maximum Gasteiger partial charge on any atom is 0.0441 e. The summed E-state index contributed by atoms with van der Waals surface area (Å²) < 4.78 is 0. The molecule has 2 aliphatic rings. The first-order valence-electron chi connectivity index (χ1n) is 7.13. The first kappa shape index (κ1) is 10.5. The highest BCUT2D eigenvalue weighted by molar-refractivity contribution is 5.87. The molecular formula is C17H19N. The van der Waals surface area contributed by atoms with E-state index in [1.165, 1.54) is 47.7 Å². The Morgan fingerprint density at radius 2 is 2.00 bits per heavy atom. The third-order valence-corrected chi connectivity index (χ3v) is 4.65. The quantitative estimate of drug-likeness (QED) is 0.726. The fourth-order valence-electron chi connectivity index (χ4n) is 3.46. The highest BCUT2D eigenvalue weighted by Crippen LogP contribution is 2.41. The van der Waals surface area contributed by atoms with Crippen molar-refractivity contribution in [1.29, 1.82) is 0 Å². The van der Waals surface area contributed by atoms with E-state index in [4.69, 9.17) is 0 Å². The second-order valence-electron chi connectivity index (χ2n) is 6.26. The molecule has 1 unspecified atom stereocenters. The van der Waals surface area contributed by atoms with Crippen LogP contribution >= 0.6 is 0 Å². The molecule has 0 radical (unpaired) electrons. The molecule has 1 heterocycles. The molecule has 4 rings (SSSR count). The molecule has 18 heavy (non-hydrogen) atoms. The number of fused-ring (bicyclic) bond motifs is 2. The molecule has 0 saturated heterocycles. The second-order valence-corrected chi connectivity index (χ2v) is 6.26. The molecule has 1 atom stereocenters. The van der Waals surface area contributed by atoms with Crippen LogP contribution in [0, 0.1) is 12.8 Å². The molecule has 1 aromatic heterocycles.